The van der Waals surface area contributed by atoms with Crippen LogP contribution in [0, 0.1) is 6.92 Å². The van der Waals surface area contributed by atoms with Gasteiger partial charge in [-0.15, -0.1) is 0 Å². The molecule has 0 fully saturated rings. The predicted molar refractivity (Wildman–Crippen MR) is 75.2 cm³/mol. The molecule has 0 radical (unpaired) electrons. The van der Waals surface area contributed by atoms with E-state index in [1.54, 1.807) is 24.3 Å². The molecule has 1 N–H and O–H groups in total. The van der Waals surface area contributed by atoms with Crippen LogP contribution in [-0.2, 0) is 4.79 Å². The Balaban J connectivity index is 1.98. The number of benzene rings is 2. The average molecular weight is 253 g/mol. The molecule has 0 spiro atoms. The number of Topliss-reactive ketones (excluding diaryl/α,β-unsaturated/α-hetero) is 1. The highest BCUT2D eigenvalue weighted by atomic mass is 16.2. The Morgan fingerprint density at radius 2 is 1.74 bits per heavy atom. The molecule has 0 aliphatic carbocycles. The van der Waals surface area contributed by atoms with Crippen molar-refractivity contribution in [2.75, 3.05) is 5.32 Å². The molecule has 0 saturated heterocycles. The van der Waals surface area contributed by atoms with Crippen molar-refractivity contribution in [3.8, 4) is 0 Å². The van der Waals surface area contributed by atoms with E-state index in [2.05, 4.69) is 5.32 Å². The number of hydrogen-bond acceptors (Lipinski definition) is 2. The van der Waals surface area contributed by atoms with Crippen molar-refractivity contribution in [1.82, 2.24) is 0 Å². The zero-order chi connectivity index (χ0) is 13.7. The Hall–Kier alpha value is -2.42. The minimum Gasteiger partial charge on any atom is -0.326 e. The zero-order valence-electron chi connectivity index (χ0n) is 10.7. The maximum atomic E-state index is 11.9. The molecule has 3 heteroatoms. The Morgan fingerprint density at radius 1 is 1.00 bits per heavy atom. The summed E-state index contributed by atoms with van der Waals surface area (Å²) < 4.78 is 0. The summed E-state index contributed by atoms with van der Waals surface area (Å²) in [6.45, 7) is 1.92. The van der Waals surface area contributed by atoms with Crippen LogP contribution in [0.15, 0.2) is 54.6 Å². The van der Waals surface area contributed by atoms with Crippen molar-refractivity contribution in [2.45, 2.75) is 13.3 Å². The van der Waals surface area contributed by atoms with Gasteiger partial charge in [0.1, 0.15) is 0 Å². The number of hydrogen-bond donors (Lipinski definition) is 1. The number of rotatable bonds is 4. The van der Waals surface area contributed by atoms with Gasteiger partial charge in [0.25, 0.3) is 0 Å². The second kappa shape index (κ2) is 5.96. The minimum absolute atomic E-state index is 0.141. The van der Waals surface area contributed by atoms with Crippen LogP contribution in [0.4, 0.5) is 5.69 Å². The van der Waals surface area contributed by atoms with E-state index in [1.807, 2.05) is 37.3 Å². The normalized spacial score (nSPS) is 9.95. The van der Waals surface area contributed by atoms with E-state index in [0.29, 0.717) is 11.3 Å². The van der Waals surface area contributed by atoms with Crippen LogP contribution in [-0.4, -0.2) is 11.7 Å². The molecule has 0 aromatic heterocycles. The highest BCUT2D eigenvalue weighted by Gasteiger charge is 2.11. The van der Waals surface area contributed by atoms with Gasteiger partial charge in [-0.2, -0.15) is 0 Å². The number of para-hydroxylation sites is 1. The number of anilines is 1. The van der Waals surface area contributed by atoms with E-state index in [1.165, 1.54) is 0 Å². The summed E-state index contributed by atoms with van der Waals surface area (Å²) in [5.74, 6) is -0.463. The largest absolute Gasteiger partial charge is 0.326 e. The first-order valence-electron chi connectivity index (χ1n) is 6.10. The number of carbonyl (C=O) groups excluding carboxylic acids is 2. The molecule has 3 nitrogen and oxygen atoms in total. The quantitative estimate of drug-likeness (QED) is 0.671. The lowest BCUT2D eigenvalue weighted by atomic mass is 10.1. The molecular formula is C16H15NO2. The van der Waals surface area contributed by atoms with Crippen molar-refractivity contribution in [1.29, 1.82) is 0 Å². The van der Waals surface area contributed by atoms with Crippen LogP contribution in [0.1, 0.15) is 22.3 Å². The number of aryl methyl sites for hydroxylation is 1. The summed E-state index contributed by atoms with van der Waals surface area (Å²) in [4.78, 5) is 23.7. The molecule has 0 saturated carbocycles. The molecule has 96 valence electrons. The highest BCUT2D eigenvalue weighted by molar-refractivity contribution is 6.11. The molecule has 0 heterocycles. The lowest BCUT2D eigenvalue weighted by Crippen LogP contribution is -2.16. The number of amides is 1. The summed E-state index contributed by atoms with van der Waals surface area (Å²) in [5.41, 5.74) is 2.28. The van der Waals surface area contributed by atoms with Crippen LogP contribution >= 0.6 is 0 Å². The van der Waals surface area contributed by atoms with Gasteiger partial charge in [-0.1, -0.05) is 42.0 Å². The van der Waals surface area contributed by atoms with Gasteiger partial charge in [0, 0.05) is 11.3 Å². The monoisotopic (exact) mass is 253 g/mol. The van der Waals surface area contributed by atoms with Crippen molar-refractivity contribution < 1.29 is 9.59 Å². The highest BCUT2D eigenvalue weighted by Crippen LogP contribution is 2.09. The van der Waals surface area contributed by atoms with Gasteiger partial charge in [0.15, 0.2) is 5.78 Å². The van der Waals surface area contributed by atoms with Crippen LogP contribution in [0.25, 0.3) is 0 Å². The third kappa shape index (κ3) is 3.78. The first-order chi connectivity index (χ1) is 9.15. The van der Waals surface area contributed by atoms with E-state index >= 15 is 0 Å². The van der Waals surface area contributed by atoms with Crippen LogP contribution in [0.2, 0.25) is 0 Å². The Morgan fingerprint density at radius 3 is 2.42 bits per heavy atom. The molecule has 2 aromatic carbocycles. The molecule has 0 bridgehead atoms. The lowest BCUT2D eigenvalue weighted by Gasteiger charge is -2.05. The smallest absolute Gasteiger partial charge is 0.232 e. The van der Waals surface area contributed by atoms with E-state index in [4.69, 9.17) is 0 Å². The molecule has 19 heavy (non-hydrogen) atoms. The van der Waals surface area contributed by atoms with Crippen molar-refractivity contribution in [3.05, 3.63) is 65.7 Å². The van der Waals surface area contributed by atoms with Crippen molar-refractivity contribution >= 4 is 17.4 Å². The lowest BCUT2D eigenvalue weighted by molar-refractivity contribution is -0.115. The maximum Gasteiger partial charge on any atom is 0.232 e. The van der Waals surface area contributed by atoms with Gasteiger partial charge in [-0.3, -0.25) is 9.59 Å². The molecule has 0 unspecified atom stereocenters. The number of carbonyl (C=O) groups is 2. The van der Waals surface area contributed by atoms with Crippen molar-refractivity contribution in [3.63, 3.8) is 0 Å². The summed E-state index contributed by atoms with van der Waals surface area (Å²) >= 11 is 0. The van der Waals surface area contributed by atoms with Gasteiger partial charge in [-0.05, 0) is 25.1 Å². The summed E-state index contributed by atoms with van der Waals surface area (Å²) in [6, 6.07) is 16.4. The standard InChI is InChI=1S/C16H15NO2/c1-12-6-5-7-13(10-12)15(18)11-16(19)17-14-8-3-2-4-9-14/h2-10H,11H2,1H3,(H,17,19). The van der Waals surface area contributed by atoms with E-state index in [-0.39, 0.29) is 18.1 Å². The topological polar surface area (TPSA) is 46.2 Å². The molecule has 2 rings (SSSR count). The number of ketones is 1. The molecule has 2 aromatic rings. The summed E-state index contributed by atoms with van der Waals surface area (Å²) in [6.07, 6.45) is -0.141. The second-order valence-electron chi connectivity index (χ2n) is 4.38. The van der Waals surface area contributed by atoms with Gasteiger partial charge in [0.05, 0.1) is 6.42 Å². The maximum absolute atomic E-state index is 11.9. The Labute approximate surface area is 112 Å². The molecular weight excluding hydrogens is 238 g/mol. The zero-order valence-corrected chi connectivity index (χ0v) is 10.7. The first-order valence-corrected chi connectivity index (χ1v) is 6.10. The van der Waals surface area contributed by atoms with E-state index in [0.717, 1.165) is 5.56 Å². The van der Waals surface area contributed by atoms with Gasteiger partial charge >= 0.3 is 0 Å². The van der Waals surface area contributed by atoms with Crippen LogP contribution in [0.5, 0.6) is 0 Å². The van der Waals surface area contributed by atoms with E-state index in [9.17, 15) is 9.59 Å². The third-order valence-corrected chi connectivity index (χ3v) is 2.72. The third-order valence-electron chi connectivity index (χ3n) is 2.72. The number of nitrogens with one attached hydrogen (secondary N) is 1. The molecule has 0 aliphatic rings. The Bertz CT molecular complexity index is 591. The first kappa shape index (κ1) is 13.0. The van der Waals surface area contributed by atoms with E-state index < -0.39 is 0 Å². The Kier molecular flexibility index (Phi) is 4.08. The van der Waals surface area contributed by atoms with Crippen LogP contribution < -0.4 is 5.32 Å². The van der Waals surface area contributed by atoms with Crippen molar-refractivity contribution in [2.24, 2.45) is 0 Å². The van der Waals surface area contributed by atoms with Gasteiger partial charge in [-0.25, -0.2) is 0 Å². The fraction of sp³-hybridized carbons (Fsp3) is 0.125. The van der Waals surface area contributed by atoms with Crippen LogP contribution in [0.3, 0.4) is 0 Å². The van der Waals surface area contributed by atoms with Gasteiger partial charge in [0.2, 0.25) is 5.91 Å². The SMILES string of the molecule is Cc1cccc(C(=O)CC(=O)Nc2ccccc2)c1. The minimum atomic E-state index is -0.294. The molecule has 0 atom stereocenters. The summed E-state index contributed by atoms with van der Waals surface area (Å²) in [5, 5.41) is 2.70. The predicted octanol–water partition coefficient (Wildman–Crippen LogP) is 3.21. The molecule has 0 aliphatic heterocycles. The van der Waals surface area contributed by atoms with Gasteiger partial charge < -0.3 is 5.32 Å². The average Bonchev–Trinajstić information content (AvgIpc) is 2.39. The fourth-order valence-electron chi connectivity index (χ4n) is 1.79. The fourth-order valence-corrected chi connectivity index (χ4v) is 1.79. The molecule has 1 amide bonds. The second-order valence-corrected chi connectivity index (χ2v) is 4.38. The summed E-state index contributed by atoms with van der Waals surface area (Å²) in [7, 11) is 0.